The molecule has 16 heavy (non-hydrogen) atoms. The summed E-state index contributed by atoms with van der Waals surface area (Å²) in [6, 6.07) is 16.5. The van der Waals surface area contributed by atoms with E-state index in [1.165, 1.54) is 5.56 Å². The molecule has 0 N–H and O–H groups in total. The number of pyridine rings is 1. The first-order valence-corrected chi connectivity index (χ1v) is 5.84. The highest BCUT2D eigenvalue weighted by Crippen LogP contribution is 2.21. The Morgan fingerprint density at radius 2 is 1.50 bits per heavy atom. The van der Waals surface area contributed by atoms with Gasteiger partial charge in [-0.15, -0.1) is 0 Å². The molecule has 1 heteroatoms. The van der Waals surface area contributed by atoms with Crippen molar-refractivity contribution >= 4 is 0 Å². The molecule has 2 rings (SSSR count). The van der Waals surface area contributed by atoms with E-state index >= 15 is 0 Å². The molecule has 0 aliphatic rings. The highest BCUT2D eigenvalue weighted by Gasteiger charge is 2.07. The van der Waals surface area contributed by atoms with Crippen LogP contribution in [0.1, 0.15) is 37.9 Å². The zero-order chi connectivity index (χ0) is 11.8. The molecule has 0 spiro atoms. The topological polar surface area (TPSA) is 12.9 Å². The molecule has 1 aromatic carbocycles. The smallest absolute Gasteiger partial charge is 0.0475 e. The van der Waals surface area contributed by atoms with Crippen LogP contribution in [0.2, 0.25) is 0 Å². The van der Waals surface area contributed by atoms with Gasteiger partial charge in [0.05, 0.1) is 0 Å². The number of hydrogen-bond donors (Lipinski definition) is 0. The maximum Gasteiger partial charge on any atom is 0.0475 e. The van der Waals surface area contributed by atoms with E-state index < -0.39 is 0 Å². The van der Waals surface area contributed by atoms with Crippen molar-refractivity contribution in [1.29, 1.82) is 0 Å². The van der Waals surface area contributed by atoms with Crippen molar-refractivity contribution in [2.24, 2.45) is 0 Å². The van der Waals surface area contributed by atoms with Crippen LogP contribution in [0.3, 0.4) is 0 Å². The Kier molecular flexibility index (Phi) is 5.27. The van der Waals surface area contributed by atoms with E-state index in [1.807, 2.05) is 38.2 Å². The van der Waals surface area contributed by atoms with Crippen LogP contribution in [0.5, 0.6) is 0 Å². The minimum Gasteiger partial charge on any atom is -0.261 e. The lowest BCUT2D eigenvalue weighted by Crippen LogP contribution is -1.97. The van der Waals surface area contributed by atoms with E-state index in [9.17, 15) is 0 Å². The fourth-order valence-electron chi connectivity index (χ4n) is 1.54. The molecule has 1 nitrogen and oxygen atoms in total. The van der Waals surface area contributed by atoms with Gasteiger partial charge in [0.25, 0.3) is 0 Å². The summed E-state index contributed by atoms with van der Waals surface area (Å²) < 4.78 is 0. The van der Waals surface area contributed by atoms with E-state index in [0.717, 1.165) is 5.69 Å². The van der Waals surface area contributed by atoms with Gasteiger partial charge in [0.1, 0.15) is 0 Å². The Bertz CT molecular complexity index is 341. The first-order valence-electron chi connectivity index (χ1n) is 5.84. The number of rotatable bonds is 2. The third-order valence-corrected chi connectivity index (χ3v) is 2.43. The second-order valence-electron chi connectivity index (χ2n) is 3.39. The zero-order valence-corrected chi connectivity index (χ0v) is 10.2. The minimum atomic E-state index is 0.373. The standard InChI is InChI=1S/C13H13N.C2H6/c1-11(12-7-3-2-4-8-12)13-9-5-6-10-14-13;1-2/h2-11H,1H3;1-2H3. The molecular weight excluding hydrogens is 194 g/mol. The molecule has 0 saturated carbocycles. The summed E-state index contributed by atoms with van der Waals surface area (Å²) in [5.74, 6) is 0.373. The Morgan fingerprint density at radius 3 is 2.06 bits per heavy atom. The first-order chi connectivity index (χ1) is 7.88. The van der Waals surface area contributed by atoms with Crippen LogP contribution < -0.4 is 0 Å². The average molecular weight is 213 g/mol. The van der Waals surface area contributed by atoms with E-state index in [-0.39, 0.29) is 0 Å². The van der Waals surface area contributed by atoms with Gasteiger partial charge in [0, 0.05) is 17.8 Å². The molecule has 0 amide bonds. The summed E-state index contributed by atoms with van der Waals surface area (Å²) in [4.78, 5) is 4.36. The monoisotopic (exact) mass is 213 g/mol. The van der Waals surface area contributed by atoms with Crippen LogP contribution in [-0.4, -0.2) is 4.98 Å². The largest absolute Gasteiger partial charge is 0.261 e. The Labute approximate surface area is 98.2 Å². The predicted octanol–water partition coefficient (Wildman–Crippen LogP) is 4.26. The van der Waals surface area contributed by atoms with Crippen LogP contribution in [0, 0.1) is 0 Å². The van der Waals surface area contributed by atoms with Gasteiger partial charge in [0.2, 0.25) is 0 Å². The molecule has 1 heterocycles. The Balaban J connectivity index is 0.000000606. The van der Waals surface area contributed by atoms with Gasteiger partial charge in [-0.3, -0.25) is 4.98 Å². The molecule has 1 unspecified atom stereocenters. The van der Waals surface area contributed by atoms with Gasteiger partial charge in [-0.25, -0.2) is 0 Å². The highest BCUT2D eigenvalue weighted by molar-refractivity contribution is 5.27. The second kappa shape index (κ2) is 6.78. The maximum atomic E-state index is 4.36. The minimum absolute atomic E-state index is 0.373. The number of hydrogen-bond acceptors (Lipinski definition) is 1. The fourth-order valence-corrected chi connectivity index (χ4v) is 1.54. The van der Waals surface area contributed by atoms with Crippen LogP contribution in [-0.2, 0) is 0 Å². The summed E-state index contributed by atoms with van der Waals surface area (Å²) >= 11 is 0. The van der Waals surface area contributed by atoms with Gasteiger partial charge in [-0.1, -0.05) is 57.2 Å². The van der Waals surface area contributed by atoms with Crippen molar-refractivity contribution in [1.82, 2.24) is 4.98 Å². The number of aromatic nitrogens is 1. The van der Waals surface area contributed by atoms with E-state index in [1.54, 1.807) is 0 Å². The van der Waals surface area contributed by atoms with Crippen LogP contribution in [0.4, 0.5) is 0 Å². The van der Waals surface area contributed by atoms with Crippen molar-refractivity contribution in [2.45, 2.75) is 26.7 Å². The summed E-state index contributed by atoms with van der Waals surface area (Å²) in [5.41, 5.74) is 2.44. The fraction of sp³-hybridized carbons (Fsp3) is 0.267. The SMILES string of the molecule is CC.CC(c1ccccc1)c1ccccn1. The average Bonchev–Trinajstić information content (AvgIpc) is 2.42. The van der Waals surface area contributed by atoms with Gasteiger partial charge in [-0.2, -0.15) is 0 Å². The summed E-state index contributed by atoms with van der Waals surface area (Å²) in [6.07, 6.45) is 1.84. The lowest BCUT2D eigenvalue weighted by atomic mass is 9.97. The molecule has 1 aromatic heterocycles. The lowest BCUT2D eigenvalue weighted by Gasteiger charge is -2.10. The van der Waals surface area contributed by atoms with Crippen LogP contribution >= 0.6 is 0 Å². The first kappa shape index (κ1) is 12.4. The number of nitrogens with zero attached hydrogens (tertiary/aromatic N) is 1. The molecule has 0 bridgehead atoms. The summed E-state index contributed by atoms with van der Waals surface area (Å²) in [5, 5.41) is 0. The van der Waals surface area contributed by atoms with Crippen molar-refractivity contribution < 1.29 is 0 Å². The lowest BCUT2D eigenvalue weighted by molar-refractivity contribution is 0.871. The van der Waals surface area contributed by atoms with Gasteiger partial charge in [-0.05, 0) is 17.7 Å². The molecule has 84 valence electrons. The predicted molar refractivity (Wildman–Crippen MR) is 69.5 cm³/mol. The van der Waals surface area contributed by atoms with Crippen molar-refractivity contribution in [3.63, 3.8) is 0 Å². The summed E-state index contributed by atoms with van der Waals surface area (Å²) in [7, 11) is 0. The van der Waals surface area contributed by atoms with Crippen LogP contribution in [0.25, 0.3) is 0 Å². The third-order valence-electron chi connectivity index (χ3n) is 2.43. The second-order valence-corrected chi connectivity index (χ2v) is 3.39. The van der Waals surface area contributed by atoms with Crippen LogP contribution in [0.15, 0.2) is 54.7 Å². The molecule has 0 aliphatic carbocycles. The normalized spacial score (nSPS) is 11.2. The Hall–Kier alpha value is -1.63. The molecule has 2 aromatic rings. The highest BCUT2D eigenvalue weighted by atomic mass is 14.7. The molecule has 1 atom stereocenters. The zero-order valence-electron chi connectivity index (χ0n) is 10.2. The maximum absolute atomic E-state index is 4.36. The molecule has 0 radical (unpaired) electrons. The van der Waals surface area contributed by atoms with E-state index in [0.29, 0.717) is 5.92 Å². The summed E-state index contributed by atoms with van der Waals surface area (Å²) in [6.45, 7) is 6.18. The number of benzene rings is 1. The van der Waals surface area contributed by atoms with Gasteiger partial charge < -0.3 is 0 Å². The van der Waals surface area contributed by atoms with E-state index in [2.05, 4.69) is 42.2 Å². The Morgan fingerprint density at radius 1 is 0.875 bits per heavy atom. The molecule has 0 aliphatic heterocycles. The van der Waals surface area contributed by atoms with E-state index in [4.69, 9.17) is 0 Å². The van der Waals surface area contributed by atoms with Gasteiger partial charge in [0.15, 0.2) is 0 Å². The quantitative estimate of drug-likeness (QED) is 0.726. The van der Waals surface area contributed by atoms with Crippen molar-refractivity contribution in [3.05, 3.63) is 66.0 Å². The third kappa shape index (κ3) is 3.20. The molecule has 0 saturated heterocycles. The van der Waals surface area contributed by atoms with Gasteiger partial charge >= 0.3 is 0 Å². The molecular formula is C15H19N. The molecule has 0 fully saturated rings. The van der Waals surface area contributed by atoms with Crippen molar-refractivity contribution in [2.75, 3.05) is 0 Å². The van der Waals surface area contributed by atoms with Crippen molar-refractivity contribution in [3.8, 4) is 0 Å².